The van der Waals surface area contributed by atoms with Crippen LogP contribution in [0.5, 0.6) is 11.5 Å². The second kappa shape index (κ2) is 9.87. The van der Waals surface area contributed by atoms with Crippen LogP contribution in [0.1, 0.15) is 5.56 Å². The van der Waals surface area contributed by atoms with Gasteiger partial charge in [-0.15, -0.1) is 0 Å². The molecule has 0 radical (unpaired) electrons. The molecule has 2 amide bonds. The molecule has 1 aliphatic rings. The van der Waals surface area contributed by atoms with Crippen LogP contribution < -0.4 is 11.5 Å². The number of aliphatic hydroxyl groups is 5. The number of aromatic hydroxyl groups is 2. The van der Waals surface area contributed by atoms with Crippen LogP contribution >= 0.6 is 0 Å². The van der Waals surface area contributed by atoms with Crippen LogP contribution in [0.3, 0.4) is 0 Å². The second-order valence-electron chi connectivity index (χ2n) is 5.84. The zero-order chi connectivity index (χ0) is 21.6. The standard InChI is InChI=1S/C15H18O9.CH4N2O/c16-7-3-1-6(5-8(7)17)2-4-9(18)24-15-13(22)11(20)10(19)12(21)14(15)23;2-1(3)4/h1-5,10-17,19-23H;(H4,2,3,4). The van der Waals surface area contributed by atoms with Crippen LogP contribution in [-0.4, -0.2) is 84.4 Å². The molecule has 11 N–H and O–H groups in total. The highest BCUT2D eigenvalue weighted by molar-refractivity contribution is 5.87. The minimum Gasteiger partial charge on any atom is -0.504 e. The summed E-state index contributed by atoms with van der Waals surface area (Å²) < 4.78 is 4.81. The molecule has 0 heterocycles. The maximum absolute atomic E-state index is 11.8. The number of carbonyl (C=O) groups excluding carboxylic acids is 2. The van der Waals surface area contributed by atoms with Gasteiger partial charge in [0, 0.05) is 6.08 Å². The minimum absolute atomic E-state index is 0.329. The average Bonchev–Trinajstić information content (AvgIpc) is 2.62. The van der Waals surface area contributed by atoms with Gasteiger partial charge in [0.25, 0.3) is 0 Å². The van der Waals surface area contributed by atoms with Crippen molar-refractivity contribution in [3.05, 3.63) is 29.8 Å². The van der Waals surface area contributed by atoms with Crippen LogP contribution in [0, 0.1) is 0 Å². The number of nitrogens with two attached hydrogens (primary N) is 2. The van der Waals surface area contributed by atoms with Gasteiger partial charge in [-0.3, -0.25) is 0 Å². The molecule has 1 aromatic rings. The lowest BCUT2D eigenvalue weighted by molar-refractivity contribution is -0.231. The Bertz CT molecular complexity index is 705. The quantitative estimate of drug-likeness (QED) is 0.140. The van der Waals surface area contributed by atoms with E-state index >= 15 is 0 Å². The first-order chi connectivity index (χ1) is 13.0. The molecule has 1 aromatic carbocycles. The number of aliphatic hydroxyl groups excluding tert-OH is 5. The summed E-state index contributed by atoms with van der Waals surface area (Å²) in [6.45, 7) is 0. The molecule has 156 valence electrons. The van der Waals surface area contributed by atoms with Crippen molar-refractivity contribution in [2.24, 2.45) is 11.5 Å². The Morgan fingerprint density at radius 1 is 0.857 bits per heavy atom. The van der Waals surface area contributed by atoms with Crippen molar-refractivity contribution in [1.29, 1.82) is 0 Å². The number of ether oxygens (including phenoxy) is 1. The van der Waals surface area contributed by atoms with Gasteiger partial charge in [-0.25, -0.2) is 9.59 Å². The van der Waals surface area contributed by atoms with Crippen LogP contribution in [0.4, 0.5) is 4.79 Å². The topological polar surface area (TPSA) is 237 Å². The van der Waals surface area contributed by atoms with E-state index < -0.39 is 48.6 Å². The molecule has 12 nitrogen and oxygen atoms in total. The molecule has 12 heteroatoms. The van der Waals surface area contributed by atoms with Gasteiger partial charge in [-0.2, -0.15) is 0 Å². The third-order valence-electron chi connectivity index (χ3n) is 3.74. The van der Waals surface area contributed by atoms with Crippen molar-refractivity contribution in [3.8, 4) is 11.5 Å². The Kier molecular flexibility index (Phi) is 8.16. The van der Waals surface area contributed by atoms with E-state index in [2.05, 4.69) is 11.5 Å². The first-order valence-electron chi connectivity index (χ1n) is 7.81. The van der Waals surface area contributed by atoms with Crippen molar-refractivity contribution in [2.45, 2.75) is 36.6 Å². The van der Waals surface area contributed by atoms with Gasteiger partial charge in [0.05, 0.1) is 0 Å². The Labute approximate surface area is 158 Å². The Morgan fingerprint density at radius 3 is 1.79 bits per heavy atom. The number of rotatable bonds is 3. The van der Waals surface area contributed by atoms with Crippen molar-refractivity contribution in [1.82, 2.24) is 0 Å². The molecule has 1 saturated carbocycles. The van der Waals surface area contributed by atoms with E-state index in [4.69, 9.17) is 9.53 Å². The summed E-state index contributed by atoms with van der Waals surface area (Å²) in [6.07, 6.45) is -8.40. The summed E-state index contributed by atoms with van der Waals surface area (Å²) in [4.78, 5) is 20.8. The molecule has 28 heavy (non-hydrogen) atoms. The van der Waals surface area contributed by atoms with Gasteiger partial charge in [0.2, 0.25) is 0 Å². The van der Waals surface area contributed by atoms with E-state index in [1.165, 1.54) is 24.3 Å². The number of phenolic OH excluding ortho intramolecular Hbond substituents is 2. The fourth-order valence-electron chi connectivity index (χ4n) is 2.32. The van der Waals surface area contributed by atoms with E-state index in [1.807, 2.05) is 0 Å². The molecule has 4 unspecified atom stereocenters. The normalized spacial score (nSPS) is 29.6. The summed E-state index contributed by atoms with van der Waals surface area (Å²) in [5, 5.41) is 66.5. The van der Waals surface area contributed by atoms with Crippen molar-refractivity contribution in [2.75, 3.05) is 0 Å². The summed E-state index contributed by atoms with van der Waals surface area (Å²) in [5.74, 6) is -1.71. The number of hydrogen-bond donors (Lipinski definition) is 9. The summed E-state index contributed by atoms with van der Waals surface area (Å²) in [6, 6.07) is 2.98. The number of carbonyl (C=O) groups is 2. The predicted molar refractivity (Wildman–Crippen MR) is 92.5 cm³/mol. The average molecular weight is 402 g/mol. The number of esters is 1. The number of phenols is 2. The van der Waals surface area contributed by atoms with Gasteiger partial charge in [-0.1, -0.05) is 6.07 Å². The SMILES string of the molecule is NC(N)=O.O=C(C=Cc1ccc(O)c(O)c1)OC1C(O)C(O)C(O)C(O)C1O. The number of amides is 2. The molecular weight excluding hydrogens is 380 g/mol. The largest absolute Gasteiger partial charge is 0.504 e. The van der Waals surface area contributed by atoms with Crippen molar-refractivity contribution >= 4 is 18.1 Å². The zero-order valence-corrected chi connectivity index (χ0v) is 14.4. The molecule has 0 spiro atoms. The number of primary amides is 2. The lowest BCUT2D eigenvalue weighted by Crippen LogP contribution is -2.64. The molecule has 2 rings (SSSR count). The third kappa shape index (κ3) is 6.07. The second-order valence-corrected chi connectivity index (χ2v) is 5.84. The summed E-state index contributed by atoms with van der Waals surface area (Å²) in [7, 11) is 0. The van der Waals surface area contributed by atoms with Crippen LogP contribution in [0.15, 0.2) is 24.3 Å². The number of urea groups is 1. The van der Waals surface area contributed by atoms with Crippen LogP contribution in [0.25, 0.3) is 6.08 Å². The van der Waals surface area contributed by atoms with Gasteiger partial charge in [0.15, 0.2) is 17.6 Å². The van der Waals surface area contributed by atoms with E-state index in [9.17, 15) is 40.5 Å². The molecule has 1 aliphatic carbocycles. The van der Waals surface area contributed by atoms with Crippen molar-refractivity contribution < 1.29 is 50.1 Å². The fourth-order valence-corrected chi connectivity index (χ4v) is 2.32. The Balaban J connectivity index is 0.000000892. The predicted octanol–water partition coefficient (Wildman–Crippen LogP) is -3.14. The van der Waals surface area contributed by atoms with Gasteiger partial charge in [-0.05, 0) is 23.8 Å². The Morgan fingerprint density at radius 2 is 1.32 bits per heavy atom. The van der Waals surface area contributed by atoms with Crippen LogP contribution in [-0.2, 0) is 9.53 Å². The van der Waals surface area contributed by atoms with Gasteiger partial charge >= 0.3 is 12.0 Å². The highest BCUT2D eigenvalue weighted by Gasteiger charge is 2.50. The zero-order valence-electron chi connectivity index (χ0n) is 14.4. The molecular formula is C16H22N2O10. The van der Waals surface area contributed by atoms with E-state index in [0.29, 0.717) is 5.56 Å². The maximum Gasteiger partial charge on any atom is 0.331 e. The minimum atomic E-state index is -1.79. The van der Waals surface area contributed by atoms with Crippen LogP contribution in [0.2, 0.25) is 0 Å². The van der Waals surface area contributed by atoms with E-state index in [0.717, 1.165) is 6.08 Å². The fraction of sp³-hybridized carbons (Fsp3) is 0.375. The highest BCUT2D eigenvalue weighted by Crippen LogP contribution is 2.26. The lowest BCUT2D eigenvalue weighted by atomic mass is 9.85. The van der Waals surface area contributed by atoms with E-state index in [1.54, 1.807) is 0 Å². The number of benzene rings is 1. The molecule has 0 bridgehead atoms. The third-order valence-corrected chi connectivity index (χ3v) is 3.74. The monoisotopic (exact) mass is 402 g/mol. The molecule has 0 saturated heterocycles. The summed E-state index contributed by atoms with van der Waals surface area (Å²) >= 11 is 0. The Hall–Kier alpha value is -2.90. The van der Waals surface area contributed by atoms with Gasteiger partial charge in [0.1, 0.15) is 30.5 Å². The molecule has 0 aromatic heterocycles. The molecule has 0 aliphatic heterocycles. The first-order valence-corrected chi connectivity index (χ1v) is 7.81. The molecule has 4 atom stereocenters. The smallest absolute Gasteiger partial charge is 0.331 e. The summed E-state index contributed by atoms with van der Waals surface area (Å²) in [5.41, 5.74) is 8.86. The van der Waals surface area contributed by atoms with E-state index in [-0.39, 0.29) is 11.5 Å². The highest BCUT2D eigenvalue weighted by atomic mass is 16.6. The molecule has 1 fully saturated rings. The number of hydrogen-bond acceptors (Lipinski definition) is 10. The maximum atomic E-state index is 11.8. The van der Waals surface area contributed by atoms with Gasteiger partial charge < -0.3 is 51.9 Å². The lowest BCUT2D eigenvalue weighted by Gasteiger charge is -2.40. The van der Waals surface area contributed by atoms with Crippen molar-refractivity contribution in [3.63, 3.8) is 0 Å². The first kappa shape index (κ1) is 23.1.